The van der Waals surface area contributed by atoms with Crippen molar-refractivity contribution in [1.29, 1.82) is 0 Å². The minimum atomic E-state index is 0. The van der Waals surface area contributed by atoms with Crippen LogP contribution in [0, 0.1) is 25.7 Å². The number of nitrogens with one attached hydrogen (secondary N) is 1. The number of hydrogen-bond donors (Lipinski definition) is 1. The number of rotatable bonds is 4. The average Bonchev–Trinajstić information content (AvgIpc) is 3.07. The molecule has 1 aromatic rings. The average molecular weight is 365 g/mol. The van der Waals surface area contributed by atoms with E-state index in [1.165, 1.54) is 29.5 Å². The Balaban J connectivity index is 0.00000225. The monoisotopic (exact) mass is 364 g/mol. The molecule has 3 nitrogen and oxygen atoms in total. The van der Waals surface area contributed by atoms with Crippen LogP contribution in [-0.4, -0.2) is 30.4 Å². The van der Waals surface area contributed by atoms with Gasteiger partial charge in [0.25, 0.3) is 0 Å². The number of nitrogens with zero attached hydrogens (tertiary/aromatic N) is 1. The van der Waals surface area contributed by atoms with Crippen molar-refractivity contribution in [1.82, 2.24) is 10.2 Å². The quantitative estimate of drug-likeness (QED) is 0.857. The van der Waals surface area contributed by atoms with E-state index in [0.29, 0.717) is 24.2 Å². The van der Waals surface area contributed by atoms with Gasteiger partial charge in [0.2, 0.25) is 5.91 Å². The Kier molecular flexibility index (Phi) is 7.33. The van der Waals surface area contributed by atoms with Crippen molar-refractivity contribution >= 4 is 18.3 Å². The first-order valence-electron chi connectivity index (χ1n) is 9.64. The largest absolute Gasteiger partial charge is 0.336 e. The van der Waals surface area contributed by atoms with Crippen molar-refractivity contribution < 1.29 is 4.79 Å². The van der Waals surface area contributed by atoms with Gasteiger partial charge in [-0.2, -0.15) is 0 Å². The lowest BCUT2D eigenvalue weighted by atomic mass is 9.85. The van der Waals surface area contributed by atoms with E-state index in [0.717, 1.165) is 32.5 Å². The van der Waals surface area contributed by atoms with Crippen molar-refractivity contribution in [2.45, 2.75) is 58.9 Å². The van der Waals surface area contributed by atoms with Crippen molar-refractivity contribution in [3.8, 4) is 0 Å². The summed E-state index contributed by atoms with van der Waals surface area (Å²) in [6.07, 6.45) is 5.45. The summed E-state index contributed by atoms with van der Waals surface area (Å²) < 4.78 is 0. The number of likely N-dealkylation sites (tertiary alicyclic amines) is 1. The molecule has 0 radical (unpaired) electrons. The van der Waals surface area contributed by atoms with E-state index in [1.807, 2.05) is 0 Å². The van der Waals surface area contributed by atoms with Crippen LogP contribution in [0.2, 0.25) is 0 Å². The van der Waals surface area contributed by atoms with Gasteiger partial charge < -0.3 is 10.2 Å². The third-order valence-corrected chi connectivity index (χ3v) is 6.22. The summed E-state index contributed by atoms with van der Waals surface area (Å²) >= 11 is 0. The van der Waals surface area contributed by atoms with Gasteiger partial charge in [-0.15, -0.1) is 12.4 Å². The van der Waals surface area contributed by atoms with Crippen LogP contribution in [-0.2, 0) is 4.79 Å². The highest BCUT2D eigenvalue weighted by molar-refractivity contribution is 5.85. The fourth-order valence-electron chi connectivity index (χ4n) is 4.45. The molecule has 1 amide bonds. The van der Waals surface area contributed by atoms with Gasteiger partial charge in [-0.05, 0) is 81.1 Å². The number of hydrogen-bond acceptors (Lipinski definition) is 2. The third kappa shape index (κ3) is 4.57. The summed E-state index contributed by atoms with van der Waals surface area (Å²) in [7, 11) is 0. The highest BCUT2D eigenvalue weighted by Gasteiger charge is 2.32. The third-order valence-electron chi connectivity index (χ3n) is 6.22. The first-order valence-corrected chi connectivity index (χ1v) is 9.64. The van der Waals surface area contributed by atoms with E-state index in [-0.39, 0.29) is 18.4 Å². The van der Waals surface area contributed by atoms with E-state index < -0.39 is 0 Å². The zero-order valence-corrected chi connectivity index (χ0v) is 16.7. The van der Waals surface area contributed by atoms with Gasteiger partial charge in [0.05, 0.1) is 6.04 Å². The van der Waals surface area contributed by atoms with Crippen molar-refractivity contribution in [2.24, 2.45) is 11.8 Å². The highest BCUT2D eigenvalue weighted by atomic mass is 35.5. The van der Waals surface area contributed by atoms with Crippen LogP contribution in [0.25, 0.3) is 0 Å². The van der Waals surface area contributed by atoms with Crippen molar-refractivity contribution in [3.63, 3.8) is 0 Å². The van der Waals surface area contributed by atoms with Crippen LogP contribution in [0.4, 0.5) is 0 Å². The standard InChI is InChI=1S/C21H32N2O.ClH/c1-15-7-4-9-19(17(15)3)20-10-6-12-23(20)21(24)13-16(2)18-8-5-11-22-14-18;/h4,7,9,16,18,20,22H,5-6,8,10-14H2,1-3H3;1H. The maximum atomic E-state index is 13.0. The first kappa shape index (κ1) is 20.3. The minimum Gasteiger partial charge on any atom is -0.336 e. The van der Waals surface area contributed by atoms with Crippen LogP contribution in [0.3, 0.4) is 0 Å². The summed E-state index contributed by atoms with van der Waals surface area (Å²) in [6, 6.07) is 6.80. The number of carbonyl (C=O) groups is 1. The molecule has 3 unspecified atom stereocenters. The van der Waals surface area contributed by atoms with Gasteiger partial charge in [-0.3, -0.25) is 4.79 Å². The zero-order chi connectivity index (χ0) is 17.1. The van der Waals surface area contributed by atoms with Crippen LogP contribution in [0.15, 0.2) is 18.2 Å². The molecular weight excluding hydrogens is 332 g/mol. The fraction of sp³-hybridized carbons (Fsp3) is 0.667. The number of piperidine rings is 1. The first-order chi connectivity index (χ1) is 11.6. The smallest absolute Gasteiger partial charge is 0.223 e. The Morgan fingerprint density at radius 2 is 2.08 bits per heavy atom. The zero-order valence-electron chi connectivity index (χ0n) is 15.9. The molecule has 2 heterocycles. The molecule has 4 heteroatoms. The van der Waals surface area contributed by atoms with Gasteiger partial charge in [0, 0.05) is 13.0 Å². The molecule has 3 rings (SSSR count). The topological polar surface area (TPSA) is 32.3 Å². The molecule has 2 aliphatic rings. The molecule has 25 heavy (non-hydrogen) atoms. The lowest BCUT2D eigenvalue weighted by Crippen LogP contribution is -2.37. The Morgan fingerprint density at radius 3 is 2.80 bits per heavy atom. The second kappa shape index (κ2) is 9.05. The molecule has 3 atom stereocenters. The Morgan fingerprint density at radius 1 is 1.28 bits per heavy atom. The van der Waals surface area contributed by atoms with Gasteiger partial charge >= 0.3 is 0 Å². The number of amides is 1. The van der Waals surface area contributed by atoms with Crippen LogP contribution in [0.5, 0.6) is 0 Å². The molecule has 0 spiro atoms. The van der Waals surface area contributed by atoms with Crippen LogP contribution < -0.4 is 5.32 Å². The van der Waals surface area contributed by atoms with E-state index in [4.69, 9.17) is 0 Å². The van der Waals surface area contributed by atoms with Crippen LogP contribution >= 0.6 is 12.4 Å². The molecule has 1 N–H and O–H groups in total. The van der Waals surface area contributed by atoms with E-state index >= 15 is 0 Å². The molecule has 2 aliphatic heterocycles. The molecule has 140 valence electrons. The van der Waals surface area contributed by atoms with E-state index in [2.05, 4.69) is 49.2 Å². The van der Waals surface area contributed by atoms with Gasteiger partial charge in [0.15, 0.2) is 0 Å². The number of benzene rings is 1. The molecule has 2 fully saturated rings. The molecule has 0 bridgehead atoms. The Hall–Kier alpha value is -1.06. The van der Waals surface area contributed by atoms with Gasteiger partial charge in [0.1, 0.15) is 0 Å². The second-order valence-electron chi connectivity index (χ2n) is 7.82. The lowest BCUT2D eigenvalue weighted by molar-refractivity contribution is -0.133. The SMILES string of the molecule is Cc1cccc(C2CCCN2C(=O)CC(C)C2CCCNC2)c1C.Cl. The van der Waals surface area contributed by atoms with Gasteiger partial charge in [-0.25, -0.2) is 0 Å². The van der Waals surface area contributed by atoms with Gasteiger partial charge in [-0.1, -0.05) is 25.1 Å². The number of carbonyl (C=O) groups excluding carboxylic acids is 1. The minimum absolute atomic E-state index is 0. The van der Waals surface area contributed by atoms with Crippen molar-refractivity contribution in [3.05, 3.63) is 34.9 Å². The van der Waals surface area contributed by atoms with E-state index in [9.17, 15) is 4.79 Å². The predicted octanol–water partition coefficient (Wildman–Crippen LogP) is 4.41. The number of aryl methyl sites for hydroxylation is 1. The molecule has 1 aromatic carbocycles. The van der Waals surface area contributed by atoms with Crippen LogP contribution in [0.1, 0.15) is 61.8 Å². The Bertz CT molecular complexity index is 583. The molecule has 0 saturated carbocycles. The summed E-state index contributed by atoms with van der Waals surface area (Å²) in [5.41, 5.74) is 4.04. The molecule has 2 saturated heterocycles. The van der Waals surface area contributed by atoms with Crippen molar-refractivity contribution in [2.75, 3.05) is 19.6 Å². The molecule has 0 aromatic heterocycles. The maximum Gasteiger partial charge on any atom is 0.223 e. The second-order valence-corrected chi connectivity index (χ2v) is 7.82. The number of halogens is 1. The Labute approximate surface area is 159 Å². The predicted molar refractivity (Wildman–Crippen MR) is 106 cm³/mol. The molecule has 0 aliphatic carbocycles. The summed E-state index contributed by atoms with van der Waals surface area (Å²) in [4.78, 5) is 15.1. The summed E-state index contributed by atoms with van der Waals surface area (Å²) in [5, 5.41) is 3.48. The fourth-order valence-corrected chi connectivity index (χ4v) is 4.45. The summed E-state index contributed by atoms with van der Waals surface area (Å²) in [5.74, 6) is 1.49. The normalized spacial score (nSPS) is 24.7. The maximum absolute atomic E-state index is 13.0. The molecular formula is C21H33ClN2O. The van der Waals surface area contributed by atoms with E-state index in [1.54, 1.807) is 0 Å². The lowest BCUT2D eigenvalue weighted by Gasteiger charge is -2.31. The highest BCUT2D eigenvalue weighted by Crippen LogP contribution is 2.36. The summed E-state index contributed by atoms with van der Waals surface area (Å²) in [6.45, 7) is 9.76.